The van der Waals surface area contributed by atoms with Crippen LogP contribution in [0, 0.1) is 5.82 Å². The summed E-state index contributed by atoms with van der Waals surface area (Å²) in [5.41, 5.74) is 2.58. The summed E-state index contributed by atoms with van der Waals surface area (Å²) in [6.45, 7) is 4.67. The third-order valence-corrected chi connectivity index (χ3v) is 3.55. The molecule has 4 heteroatoms. The van der Waals surface area contributed by atoms with Crippen LogP contribution in [0.2, 0.25) is 10.0 Å². The molecule has 0 aliphatic rings. The zero-order chi connectivity index (χ0) is 14.7. The summed E-state index contributed by atoms with van der Waals surface area (Å²) in [6.07, 6.45) is 0. The summed E-state index contributed by atoms with van der Waals surface area (Å²) in [6, 6.07) is 10.3. The Morgan fingerprint density at radius 1 is 1.05 bits per heavy atom. The highest BCUT2D eigenvalue weighted by molar-refractivity contribution is 6.35. The molecular formula is C16H16Cl2FN. The van der Waals surface area contributed by atoms with Crippen molar-refractivity contribution in [3.05, 3.63) is 57.8 Å². The summed E-state index contributed by atoms with van der Waals surface area (Å²) in [5, 5.41) is 4.50. The van der Waals surface area contributed by atoms with Crippen molar-refractivity contribution in [3.63, 3.8) is 0 Å². The van der Waals surface area contributed by atoms with Crippen LogP contribution in [0.1, 0.15) is 19.4 Å². The van der Waals surface area contributed by atoms with E-state index >= 15 is 0 Å². The quantitative estimate of drug-likeness (QED) is 0.808. The van der Waals surface area contributed by atoms with Gasteiger partial charge < -0.3 is 5.32 Å². The molecule has 0 saturated heterocycles. The lowest BCUT2D eigenvalue weighted by Gasteiger charge is -2.14. The van der Waals surface area contributed by atoms with Crippen LogP contribution in [0.3, 0.4) is 0 Å². The third kappa shape index (κ3) is 3.72. The predicted molar refractivity (Wildman–Crippen MR) is 83.8 cm³/mol. The second-order valence-corrected chi connectivity index (χ2v) is 5.80. The average Bonchev–Trinajstić information content (AvgIpc) is 2.39. The fraction of sp³-hybridized carbons (Fsp3) is 0.250. The van der Waals surface area contributed by atoms with Gasteiger partial charge in [0, 0.05) is 28.2 Å². The van der Waals surface area contributed by atoms with Gasteiger partial charge in [0.25, 0.3) is 0 Å². The molecule has 2 aromatic rings. The molecule has 0 bridgehead atoms. The Morgan fingerprint density at radius 3 is 2.50 bits per heavy atom. The number of halogens is 3. The number of hydrogen-bond acceptors (Lipinski definition) is 1. The fourth-order valence-electron chi connectivity index (χ4n) is 1.99. The molecule has 0 spiro atoms. The van der Waals surface area contributed by atoms with Gasteiger partial charge in [-0.15, -0.1) is 0 Å². The lowest BCUT2D eigenvalue weighted by Crippen LogP contribution is -2.22. The van der Waals surface area contributed by atoms with E-state index in [-0.39, 0.29) is 5.82 Å². The van der Waals surface area contributed by atoms with E-state index in [2.05, 4.69) is 5.32 Å². The monoisotopic (exact) mass is 311 g/mol. The van der Waals surface area contributed by atoms with E-state index < -0.39 is 0 Å². The van der Waals surface area contributed by atoms with Gasteiger partial charge in [-0.2, -0.15) is 0 Å². The predicted octanol–water partition coefficient (Wildman–Crippen LogP) is 5.30. The Bertz CT molecular complexity index is 611. The molecule has 0 radical (unpaired) electrons. The van der Waals surface area contributed by atoms with Crippen LogP contribution in [-0.4, -0.2) is 6.04 Å². The first-order chi connectivity index (χ1) is 9.47. The lowest BCUT2D eigenvalue weighted by molar-refractivity contribution is 0.582. The van der Waals surface area contributed by atoms with Crippen molar-refractivity contribution in [2.45, 2.75) is 26.4 Å². The minimum atomic E-state index is -0.257. The van der Waals surface area contributed by atoms with Crippen molar-refractivity contribution < 1.29 is 4.39 Å². The Kier molecular flexibility index (Phi) is 5.03. The molecule has 0 aliphatic heterocycles. The number of rotatable bonds is 4. The van der Waals surface area contributed by atoms with E-state index in [1.807, 2.05) is 13.8 Å². The van der Waals surface area contributed by atoms with Crippen LogP contribution in [0.4, 0.5) is 4.39 Å². The first-order valence-electron chi connectivity index (χ1n) is 6.44. The molecule has 0 aliphatic carbocycles. The molecule has 0 amide bonds. The molecule has 1 nitrogen and oxygen atoms in total. The van der Waals surface area contributed by atoms with Crippen molar-refractivity contribution in [2.75, 3.05) is 0 Å². The Hall–Kier alpha value is -1.09. The third-order valence-electron chi connectivity index (χ3n) is 2.99. The maximum atomic E-state index is 13.5. The zero-order valence-corrected chi connectivity index (χ0v) is 12.9. The van der Waals surface area contributed by atoms with E-state index in [0.29, 0.717) is 22.6 Å². The number of nitrogens with one attached hydrogen (secondary N) is 1. The maximum absolute atomic E-state index is 13.5. The van der Waals surface area contributed by atoms with Crippen LogP contribution in [-0.2, 0) is 6.54 Å². The van der Waals surface area contributed by atoms with Gasteiger partial charge in [0.1, 0.15) is 5.82 Å². The molecule has 0 aromatic heterocycles. The molecule has 2 aromatic carbocycles. The number of benzene rings is 2. The number of hydrogen-bond donors (Lipinski definition) is 1. The molecule has 0 unspecified atom stereocenters. The fourth-order valence-corrected chi connectivity index (χ4v) is 2.38. The van der Waals surface area contributed by atoms with Gasteiger partial charge in [-0.25, -0.2) is 4.39 Å². The van der Waals surface area contributed by atoms with Gasteiger partial charge in [-0.05, 0) is 41.5 Å². The van der Waals surface area contributed by atoms with Crippen molar-refractivity contribution in [1.29, 1.82) is 0 Å². The average molecular weight is 312 g/mol. The molecule has 106 valence electrons. The van der Waals surface area contributed by atoms with Gasteiger partial charge >= 0.3 is 0 Å². The van der Waals surface area contributed by atoms with Crippen LogP contribution >= 0.6 is 23.2 Å². The highest BCUT2D eigenvalue weighted by atomic mass is 35.5. The molecule has 0 saturated carbocycles. The molecular weight excluding hydrogens is 296 g/mol. The minimum absolute atomic E-state index is 0.257. The second kappa shape index (κ2) is 6.57. The van der Waals surface area contributed by atoms with Crippen molar-refractivity contribution in [1.82, 2.24) is 5.32 Å². The SMILES string of the molecule is CC(C)NCc1cc(F)ccc1-c1cc(Cl)ccc1Cl. The van der Waals surface area contributed by atoms with Crippen LogP contribution < -0.4 is 5.32 Å². The van der Waals surface area contributed by atoms with Crippen LogP contribution in [0.15, 0.2) is 36.4 Å². The Labute approximate surface area is 128 Å². The van der Waals surface area contributed by atoms with Crippen molar-refractivity contribution in [2.24, 2.45) is 0 Å². The zero-order valence-electron chi connectivity index (χ0n) is 11.4. The van der Waals surface area contributed by atoms with Gasteiger partial charge in [0.05, 0.1) is 0 Å². The smallest absolute Gasteiger partial charge is 0.123 e. The molecule has 20 heavy (non-hydrogen) atoms. The van der Waals surface area contributed by atoms with Crippen molar-refractivity contribution in [3.8, 4) is 11.1 Å². The van der Waals surface area contributed by atoms with Gasteiger partial charge in [0.2, 0.25) is 0 Å². The first kappa shape index (κ1) is 15.3. The highest BCUT2D eigenvalue weighted by Gasteiger charge is 2.11. The molecule has 0 atom stereocenters. The lowest BCUT2D eigenvalue weighted by atomic mass is 9.99. The topological polar surface area (TPSA) is 12.0 Å². The molecule has 2 rings (SSSR count). The van der Waals surface area contributed by atoms with E-state index in [9.17, 15) is 4.39 Å². The summed E-state index contributed by atoms with van der Waals surface area (Å²) in [4.78, 5) is 0. The van der Waals surface area contributed by atoms with E-state index in [1.165, 1.54) is 12.1 Å². The second-order valence-electron chi connectivity index (χ2n) is 4.96. The maximum Gasteiger partial charge on any atom is 0.123 e. The molecule has 0 heterocycles. The van der Waals surface area contributed by atoms with E-state index in [1.54, 1.807) is 24.3 Å². The van der Waals surface area contributed by atoms with E-state index in [0.717, 1.165) is 16.7 Å². The molecule has 0 fully saturated rings. The Morgan fingerprint density at radius 2 is 1.80 bits per heavy atom. The standard InChI is InChI=1S/C16H16Cl2FN/c1-10(2)20-9-11-7-13(19)4-5-14(11)15-8-12(17)3-6-16(15)18/h3-8,10,20H,9H2,1-2H3. The largest absolute Gasteiger partial charge is 0.310 e. The van der Waals surface area contributed by atoms with E-state index in [4.69, 9.17) is 23.2 Å². The Balaban J connectivity index is 2.47. The minimum Gasteiger partial charge on any atom is -0.310 e. The van der Waals surface area contributed by atoms with Crippen molar-refractivity contribution >= 4 is 23.2 Å². The summed E-state index contributed by atoms with van der Waals surface area (Å²) in [5.74, 6) is -0.257. The van der Waals surface area contributed by atoms with Gasteiger partial charge in [0.15, 0.2) is 0 Å². The summed E-state index contributed by atoms with van der Waals surface area (Å²) < 4.78 is 13.5. The first-order valence-corrected chi connectivity index (χ1v) is 7.20. The normalized spacial score (nSPS) is 11.1. The summed E-state index contributed by atoms with van der Waals surface area (Å²) >= 11 is 12.3. The summed E-state index contributed by atoms with van der Waals surface area (Å²) in [7, 11) is 0. The highest BCUT2D eigenvalue weighted by Crippen LogP contribution is 2.33. The van der Waals surface area contributed by atoms with Crippen LogP contribution in [0.25, 0.3) is 11.1 Å². The van der Waals surface area contributed by atoms with Gasteiger partial charge in [-0.3, -0.25) is 0 Å². The van der Waals surface area contributed by atoms with Crippen LogP contribution in [0.5, 0.6) is 0 Å². The van der Waals surface area contributed by atoms with Gasteiger partial charge in [-0.1, -0.05) is 43.1 Å². The molecule has 1 N–H and O–H groups in total.